The zero-order valence-electron chi connectivity index (χ0n) is 13.7. The number of fused-ring (bicyclic) bond motifs is 1. The van der Waals surface area contributed by atoms with Crippen molar-refractivity contribution in [2.45, 2.75) is 38.5 Å². The van der Waals surface area contributed by atoms with Gasteiger partial charge in [0.1, 0.15) is 5.52 Å². The Hall–Kier alpha value is -2.82. The molecule has 26 heavy (non-hydrogen) atoms. The van der Waals surface area contributed by atoms with E-state index in [-0.39, 0.29) is 17.8 Å². The Morgan fingerprint density at radius 3 is 3.08 bits per heavy atom. The van der Waals surface area contributed by atoms with Crippen LogP contribution in [-0.2, 0) is 11.3 Å². The lowest BCUT2D eigenvalue weighted by Gasteiger charge is -2.22. The van der Waals surface area contributed by atoms with Crippen LogP contribution < -0.4 is 10.1 Å². The van der Waals surface area contributed by atoms with Crippen molar-refractivity contribution in [3.63, 3.8) is 0 Å². The summed E-state index contributed by atoms with van der Waals surface area (Å²) in [5, 5.41) is 13.4. The quantitative estimate of drug-likeness (QED) is 0.692. The highest BCUT2D eigenvalue weighted by Gasteiger charge is 2.17. The Kier molecular flexibility index (Phi) is 4.61. The average molecular weight is 365 g/mol. The first-order chi connectivity index (χ1) is 12.7. The van der Waals surface area contributed by atoms with Crippen LogP contribution in [0.4, 0.5) is 20.4 Å². The molecule has 1 unspecified atom stereocenters. The fourth-order valence-corrected chi connectivity index (χ4v) is 2.84. The molecule has 9 nitrogen and oxygen atoms in total. The molecule has 1 saturated heterocycles. The fraction of sp³-hybridized carbons (Fsp3) is 0.467. The van der Waals surface area contributed by atoms with Gasteiger partial charge in [0, 0.05) is 12.7 Å². The second-order valence-corrected chi connectivity index (χ2v) is 5.90. The number of aromatic nitrogens is 6. The van der Waals surface area contributed by atoms with Crippen LogP contribution in [0.2, 0.25) is 0 Å². The zero-order valence-corrected chi connectivity index (χ0v) is 13.7. The summed E-state index contributed by atoms with van der Waals surface area (Å²) in [6.45, 7) is -1.54. The number of ether oxygens (including phenoxy) is 2. The summed E-state index contributed by atoms with van der Waals surface area (Å²) in [6, 6.07) is 1.31. The molecular weight excluding hydrogens is 348 g/mol. The topological polar surface area (TPSA) is 103 Å². The van der Waals surface area contributed by atoms with Crippen molar-refractivity contribution >= 4 is 22.8 Å². The molecule has 1 aliphatic heterocycles. The second kappa shape index (κ2) is 7.20. The van der Waals surface area contributed by atoms with Gasteiger partial charge in [-0.15, -0.1) is 0 Å². The molecule has 0 amide bonds. The van der Waals surface area contributed by atoms with Crippen molar-refractivity contribution in [1.29, 1.82) is 0 Å². The second-order valence-electron chi connectivity index (χ2n) is 5.90. The molecule has 0 saturated carbocycles. The molecule has 11 heteroatoms. The molecule has 0 radical (unpaired) electrons. The third kappa shape index (κ3) is 3.72. The van der Waals surface area contributed by atoms with Gasteiger partial charge in [0.25, 0.3) is 0 Å². The number of H-pyrrole nitrogens is 1. The molecule has 0 bridgehead atoms. The average Bonchev–Trinajstić information content (AvgIpc) is 3.22. The van der Waals surface area contributed by atoms with E-state index in [4.69, 9.17) is 4.74 Å². The van der Waals surface area contributed by atoms with E-state index in [2.05, 4.69) is 35.3 Å². The standard InChI is InChI=1S/C15H17F2N7O2/c16-15(17)26-13-5-11(22-23-13)20-12-7-18-10-6-19-24(14(10)21-12)8-9-3-1-2-4-25-9/h5-7,9,15H,1-4,8H2,(H2,20,21,22,23). The van der Waals surface area contributed by atoms with Crippen LogP contribution in [0.15, 0.2) is 18.5 Å². The molecule has 1 aliphatic rings. The third-order valence-electron chi connectivity index (χ3n) is 4.02. The van der Waals surface area contributed by atoms with E-state index in [1.54, 1.807) is 10.9 Å². The van der Waals surface area contributed by atoms with E-state index in [0.29, 0.717) is 23.5 Å². The van der Waals surface area contributed by atoms with Crippen LogP contribution in [0.5, 0.6) is 5.88 Å². The number of nitrogens with one attached hydrogen (secondary N) is 2. The van der Waals surface area contributed by atoms with Gasteiger partial charge in [-0.2, -0.15) is 19.0 Å². The van der Waals surface area contributed by atoms with E-state index in [1.807, 2.05) is 0 Å². The van der Waals surface area contributed by atoms with Gasteiger partial charge in [-0.1, -0.05) is 0 Å². The molecular formula is C15H17F2N7O2. The van der Waals surface area contributed by atoms with Crippen molar-refractivity contribution in [3.8, 4) is 5.88 Å². The predicted octanol–water partition coefficient (Wildman–Crippen LogP) is 2.46. The molecule has 0 aliphatic carbocycles. The maximum Gasteiger partial charge on any atom is 0.388 e. The Balaban J connectivity index is 1.51. The smallest absolute Gasteiger partial charge is 0.388 e. The molecule has 2 N–H and O–H groups in total. The molecule has 0 aromatic carbocycles. The highest BCUT2D eigenvalue weighted by Crippen LogP contribution is 2.21. The monoisotopic (exact) mass is 365 g/mol. The maximum absolute atomic E-state index is 12.2. The zero-order chi connectivity index (χ0) is 17.9. The Bertz CT molecular complexity index is 876. The Morgan fingerprint density at radius 2 is 2.27 bits per heavy atom. The van der Waals surface area contributed by atoms with Crippen LogP contribution in [0.1, 0.15) is 19.3 Å². The van der Waals surface area contributed by atoms with Gasteiger partial charge >= 0.3 is 6.61 Å². The van der Waals surface area contributed by atoms with Crippen LogP contribution in [0, 0.1) is 0 Å². The molecule has 1 atom stereocenters. The third-order valence-corrected chi connectivity index (χ3v) is 4.02. The SMILES string of the molecule is FC(F)Oc1cc(Nc2cnc3cnn(CC4CCCCO4)c3n2)n[nH]1. The van der Waals surface area contributed by atoms with Crippen molar-refractivity contribution in [3.05, 3.63) is 18.5 Å². The van der Waals surface area contributed by atoms with Gasteiger partial charge in [0.2, 0.25) is 5.88 Å². The number of anilines is 2. The lowest BCUT2D eigenvalue weighted by molar-refractivity contribution is -0.0528. The minimum Gasteiger partial charge on any atom is -0.417 e. The summed E-state index contributed by atoms with van der Waals surface area (Å²) >= 11 is 0. The van der Waals surface area contributed by atoms with Gasteiger partial charge in [-0.05, 0) is 19.3 Å². The minimum atomic E-state index is -2.92. The molecule has 0 spiro atoms. The predicted molar refractivity (Wildman–Crippen MR) is 87.4 cm³/mol. The van der Waals surface area contributed by atoms with Gasteiger partial charge in [-0.25, -0.2) is 19.7 Å². The highest BCUT2D eigenvalue weighted by molar-refractivity contribution is 5.71. The molecule has 3 aromatic heterocycles. The van der Waals surface area contributed by atoms with E-state index in [0.717, 1.165) is 25.9 Å². The van der Waals surface area contributed by atoms with E-state index in [9.17, 15) is 8.78 Å². The Labute approximate surface area is 146 Å². The van der Waals surface area contributed by atoms with Crippen LogP contribution in [0.25, 0.3) is 11.2 Å². The Morgan fingerprint density at radius 1 is 1.35 bits per heavy atom. The summed E-state index contributed by atoms with van der Waals surface area (Å²) in [5.74, 6) is 0.561. The molecule has 4 heterocycles. The minimum absolute atomic E-state index is 0.116. The first-order valence-corrected chi connectivity index (χ1v) is 8.25. The number of nitrogens with zero attached hydrogens (tertiary/aromatic N) is 5. The molecule has 4 rings (SSSR count). The summed E-state index contributed by atoms with van der Waals surface area (Å²) in [6.07, 6.45) is 6.51. The normalized spacial score (nSPS) is 17.7. The number of rotatable bonds is 6. The first kappa shape index (κ1) is 16.6. The lowest BCUT2D eigenvalue weighted by atomic mass is 10.1. The largest absolute Gasteiger partial charge is 0.417 e. The van der Waals surface area contributed by atoms with Gasteiger partial charge in [-0.3, -0.25) is 0 Å². The number of halogens is 2. The summed E-state index contributed by atoms with van der Waals surface area (Å²) < 4.78 is 36.1. The van der Waals surface area contributed by atoms with Crippen molar-refractivity contribution in [1.82, 2.24) is 29.9 Å². The van der Waals surface area contributed by atoms with E-state index >= 15 is 0 Å². The number of hydrogen-bond donors (Lipinski definition) is 2. The highest BCUT2D eigenvalue weighted by atomic mass is 19.3. The first-order valence-electron chi connectivity index (χ1n) is 8.25. The van der Waals surface area contributed by atoms with E-state index < -0.39 is 6.61 Å². The van der Waals surface area contributed by atoms with Crippen molar-refractivity contribution in [2.75, 3.05) is 11.9 Å². The number of hydrogen-bond acceptors (Lipinski definition) is 7. The van der Waals surface area contributed by atoms with Crippen LogP contribution >= 0.6 is 0 Å². The van der Waals surface area contributed by atoms with Crippen LogP contribution in [-0.4, -0.2) is 49.3 Å². The molecule has 3 aromatic rings. The van der Waals surface area contributed by atoms with Crippen molar-refractivity contribution in [2.24, 2.45) is 0 Å². The van der Waals surface area contributed by atoms with E-state index in [1.165, 1.54) is 12.3 Å². The number of alkyl halides is 2. The summed E-state index contributed by atoms with van der Waals surface area (Å²) in [7, 11) is 0. The number of aromatic amines is 1. The fourth-order valence-electron chi connectivity index (χ4n) is 2.84. The summed E-state index contributed by atoms with van der Waals surface area (Å²) in [5.41, 5.74) is 1.28. The van der Waals surface area contributed by atoms with Crippen molar-refractivity contribution < 1.29 is 18.3 Å². The van der Waals surface area contributed by atoms with Gasteiger partial charge in [0.05, 0.1) is 25.0 Å². The van der Waals surface area contributed by atoms with Gasteiger partial charge < -0.3 is 14.8 Å². The van der Waals surface area contributed by atoms with Crippen LogP contribution in [0.3, 0.4) is 0 Å². The van der Waals surface area contributed by atoms with Gasteiger partial charge in [0.15, 0.2) is 17.3 Å². The lowest BCUT2D eigenvalue weighted by Crippen LogP contribution is -2.25. The molecule has 1 fully saturated rings. The maximum atomic E-state index is 12.2. The molecule has 138 valence electrons. The summed E-state index contributed by atoms with van der Waals surface area (Å²) in [4.78, 5) is 8.80.